The Labute approximate surface area is 289 Å². The number of aromatic amines is 1. The van der Waals surface area contributed by atoms with Gasteiger partial charge in [-0.2, -0.15) is 0 Å². The van der Waals surface area contributed by atoms with Gasteiger partial charge in [0.05, 0.1) is 12.4 Å². The Kier molecular flexibility index (Phi) is 11.8. The Morgan fingerprint density at radius 1 is 0.959 bits per heavy atom. The average molecular weight is 685 g/mol. The van der Waals surface area contributed by atoms with Crippen LogP contribution in [0.3, 0.4) is 0 Å². The van der Waals surface area contributed by atoms with Crippen LogP contribution in [0.2, 0.25) is 0 Å². The van der Waals surface area contributed by atoms with Gasteiger partial charge >= 0.3 is 5.97 Å². The normalized spacial score (nSPS) is 16.4. The van der Waals surface area contributed by atoms with Gasteiger partial charge in [-0.3, -0.25) is 19.2 Å². The van der Waals surface area contributed by atoms with Crippen LogP contribution in [0.15, 0.2) is 95.4 Å². The number of allylic oxidation sites excluding steroid dienone is 1. The van der Waals surface area contributed by atoms with Crippen molar-refractivity contribution in [2.24, 2.45) is 0 Å². The van der Waals surface area contributed by atoms with Crippen LogP contribution in [0.1, 0.15) is 30.2 Å². The number of aromatic nitrogens is 1. The Morgan fingerprint density at radius 2 is 1.69 bits per heavy atom. The van der Waals surface area contributed by atoms with E-state index in [1.165, 1.54) is 24.8 Å². The first-order valence-electron chi connectivity index (χ1n) is 15.9. The van der Waals surface area contributed by atoms with Gasteiger partial charge in [-0.25, -0.2) is 0 Å². The lowest BCUT2D eigenvalue weighted by Crippen LogP contribution is -2.45. The zero-order valence-electron chi connectivity index (χ0n) is 27.9. The van der Waals surface area contributed by atoms with Crippen LogP contribution < -0.4 is 20.3 Å². The van der Waals surface area contributed by atoms with Crippen molar-refractivity contribution in [3.8, 4) is 11.5 Å². The molecule has 0 bridgehead atoms. The number of hydrogen-bond acceptors (Lipinski definition) is 9. The predicted octanol–water partition coefficient (Wildman–Crippen LogP) is 4.60. The minimum atomic E-state index is -1.05. The van der Waals surface area contributed by atoms with E-state index in [0.717, 1.165) is 27.1 Å². The molecule has 2 atom stereocenters. The third-order valence-corrected chi connectivity index (χ3v) is 9.66. The van der Waals surface area contributed by atoms with Crippen LogP contribution in [0, 0.1) is 0 Å². The number of esters is 1. The third-order valence-electron chi connectivity index (χ3n) is 8.12. The monoisotopic (exact) mass is 684 g/mol. The third kappa shape index (κ3) is 9.09. The maximum atomic E-state index is 14.2. The molecule has 0 fully saturated rings. The fourth-order valence-corrected chi connectivity index (χ4v) is 6.90. The molecule has 0 spiro atoms. The minimum absolute atomic E-state index is 0.155. The summed E-state index contributed by atoms with van der Waals surface area (Å²) in [5.74, 6) is 0.102. The molecule has 3 aromatic carbocycles. The van der Waals surface area contributed by atoms with Crippen LogP contribution in [0.25, 0.3) is 15.8 Å². The molecule has 2 heterocycles. The molecule has 0 saturated heterocycles. The predicted molar refractivity (Wildman–Crippen MR) is 190 cm³/mol. The highest BCUT2D eigenvalue weighted by atomic mass is 32.2. The van der Waals surface area contributed by atoms with Crippen LogP contribution in [0.4, 0.5) is 0 Å². The molecular formula is C37H40N4O7S. The molecule has 12 heteroatoms. The maximum absolute atomic E-state index is 14.2. The number of methoxy groups -OCH3 is 1. The first-order valence-corrected chi connectivity index (χ1v) is 16.8. The molecule has 1 aromatic heterocycles. The number of benzene rings is 3. The lowest BCUT2D eigenvalue weighted by molar-refractivity contribution is -0.157. The maximum Gasteiger partial charge on any atom is 0.303 e. The zero-order chi connectivity index (χ0) is 34.9. The van der Waals surface area contributed by atoms with Gasteiger partial charge in [0.15, 0.2) is 12.7 Å². The first-order chi connectivity index (χ1) is 23.6. The molecule has 2 amide bonds. The molecule has 0 radical (unpaired) electrons. The Balaban J connectivity index is 1.23. The summed E-state index contributed by atoms with van der Waals surface area (Å²) < 4.78 is 16.7. The molecule has 5 rings (SSSR count). The van der Waals surface area contributed by atoms with Crippen molar-refractivity contribution >= 4 is 45.4 Å². The number of likely N-dealkylation sites (N-methyl/N-ethyl adjacent to an activating group) is 1. The van der Waals surface area contributed by atoms with E-state index in [1.807, 2.05) is 73.5 Å². The summed E-state index contributed by atoms with van der Waals surface area (Å²) in [6.07, 6.45) is -1.05. The van der Waals surface area contributed by atoms with E-state index in [9.17, 15) is 19.2 Å². The molecule has 0 saturated carbocycles. The summed E-state index contributed by atoms with van der Waals surface area (Å²) in [4.78, 5) is 58.0. The second-order valence-electron chi connectivity index (χ2n) is 11.6. The van der Waals surface area contributed by atoms with Crippen LogP contribution in [-0.2, 0) is 19.1 Å². The lowest BCUT2D eigenvalue weighted by Gasteiger charge is -2.29. The van der Waals surface area contributed by atoms with Crippen LogP contribution >= 0.6 is 11.8 Å². The lowest BCUT2D eigenvalue weighted by atomic mass is 10.1. The summed E-state index contributed by atoms with van der Waals surface area (Å²) in [5.41, 5.74) is 3.07. The van der Waals surface area contributed by atoms with E-state index >= 15 is 0 Å². The molecule has 2 N–H and O–H groups in total. The van der Waals surface area contributed by atoms with Crippen molar-refractivity contribution in [2.75, 3.05) is 46.9 Å². The number of carbonyl (C=O) groups excluding carboxylic acids is 3. The van der Waals surface area contributed by atoms with Crippen LogP contribution in [-0.4, -0.2) is 85.6 Å². The molecule has 256 valence electrons. The number of H-pyrrole nitrogens is 1. The number of thioether (sulfide) groups is 1. The standard InChI is InChI=1S/C37H40N4O7S/c1-24-35(26-8-6-5-7-9-26)49-36(27-10-13-29(46-4)14-11-27)34(48-25(2)42)37(45)41(24)21-20-40(3)19-18-38-33(44)23-47-30-15-16-31-28(22-30)12-17-32(43)39-31/h5-17,22,34,36H,18-21,23H2,1-4H3,(H,38,44)(H,39,43). The van der Waals surface area contributed by atoms with Gasteiger partial charge in [0.25, 0.3) is 11.8 Å². The highest BCUT2D eigenvalue weighted by Crippen LogP contribution is 2.48. The van der Waals surface area contributed by atoms with Gasteiger partial charge in [0.1, 0.15) is 11.5 Å². The van der Waals surface area contributed by atoms with E-state index in [2.05, 4.69) is 10.3 Å². The van der Waals surface area contributed by atoms with Crippen molar-refractivity contribution in [1.29, 1.82) is 0 Å². The second-order valence-corrected chi connectivity index (χ2v) is 12.8. The molecule has 1 aliphatic rings. The van der Waals surface area contributed by atoms with Crippen molar-refractivity contribution in [1.82, 2.24) is 20.1 Å². The Hall–Kier alpha value is -5.07. The van der Waals surface area contributed by atoms with Crippen molar-refractivity contribution in [3.05, 3.63) is 112 Å². The minimum Gasteiger partial charge on any atom is -0.497 e. The van der Waals surface area contributed by atoms with Crippen molar-refractivity contribution in [2.45, 2.75) is 25.2 Å². The van der Waals surface area contributed by atoms with E-state index in [1.54, 1.807) is 36.3 Å². The molecule has 0 aliphatic carbocycles. The number of carbonyl (C=O) groups is 3. The van der Waals surface area contributed by atoms with E-state index in [-0.39, 0.29) is 24.0 Å². The Bertz CT molecular complexity index is 1880. The quantitative estimate of drug-likeness (QED) is 0.194. The zero-order valence-corrected chi connectivity index (χ0v) is 28.8. The topological polar surface area (TPSA) is 130 Å². The number of hydrogen-bond donors (Lipinski definition) is 2. The number of fused-ring (bicyclic) bond motifs is 1. The highest BCUT2D eigenvalue weighted by Gasteiger charge is 2.41. The molecule has 4 aromatic rings. The summed E-state index contributed by atoms with van der Waals surface area (Å²) >= 11 is 1.50. The number of ether oxygens (including phenoxy) is 3. The number of pyridine rings is 1. The Morgan fingerprint density at radius 3 is 2.41 bits per heavy atom. The van der Waals surface area contributed by atoms with Crippen molar-refractivity contribution in [3.63, 3.8) is 0 Å². The fraction of sp³-hybridized carbons (Fsp3) is 0.297. The van der Waals surface area contributed by atoms with Gasteiger partial charge in [-0.1, -0.05) is 42.5 Å². The van der Waals surface area contributed by atoms with E-state index < -0.39 is 17.3 Å². The van der Waals surface area contributed by atoms with Gasteiger partial charge in [0, 0.05) is 60.7 Å². The van der Waals surface area contributed by atoms with Gasteiger partial charge in [0.2, 0.25) is 5.56 Å². The number of nitrogens with one attached hydrogen (secondary N) is 2. The average Bonchev–Trinajstić information content (AvgIpc) is 3.20. The molecule has 11 nitrogen and oxygen atoms in total. The summed E-state index contributed by atoms with van der Waals surface area (Å²) in [6.45, 7) is 4.83. The number of rotatable bonds is 13. The van der Waals surface area contributed by atoms with E-state index in [4.69, 9.17) is 14.2 Å². The summed E-state index contributed by atoms with van der Waals surface area (Å²) in [6, 6.07) is 25.7. The number of amides is 2. The van der Waals surface area contributed by atoms with E-state index in [0.29, 0.717) is 43.2 Å². The highest BCUT2D eigenvalue weighted by molar-refractivity contribution is 8.08. The molecule has 1 aliphatic heterocycles. The number of nitrogens with zero attached hydrogens (tertiary/aromatic N) is 2. The second kappa shape index (κ2) is 16.4. The fourth-order valence-electron chi connectivity index (χ4n) is 5.51. The summed E-state index contributed by atoms with van der Waals surface area (Å²) in [5, 5.41) is 3.18. The van der Waals surface area contributed by atoms with Crippen LogP contribution in [0.5, 0.6) is 11.5 Å². The van der Waals surface area contributed by atoms with Crippen molar-refractivity contribution < 1.29 is 28.6 Å². The molecular weight excluding hydrogens is 644 g/mol. The molecule has 2 unspecified atom stereocenters. The molecule has 49 heavy (non-hydrogen) atoms. The first kappa shape index (κ1) is 35.2. The smallest absolute Gasteiger partial charge is 0.303 e. The SMILES string of the molecule is COc1ccc(C2SC(c3ccccc3)=C(C)N(CCN(C)CCNC(=O)COc3ccc4[nH]c(=O)ccc4c3)C(=O)C2OC(C)=O)cc1. The largest absolute Gasteiger partial charge is 0.497 e. The van der Waals surface area contributed by atoms with Gasteiger partial charge in [-0.05, 0) is 61.5 Å². The van der Waals surface area contributed by atoms with Gasteiger partial charge in [-0.15, -0.1) is 11.8 Å². The van der Waals surface area contributed by atoms with Gasteiger partial charge < -0.3 is 34.3 Å². The summed E-state index contributed by atoms with van der Waals surface area (Å²) in [7, 11) is 3.51.